The van der Waals surface area contributed by atoms with Crippen LogP contribution in [0.5, 0.6) is 5.75 Å². The number of ether oxygens (including phenoxy) is 1. The lowest BCUT2D eigenvalue weighted by molar-refractivity contribution is 0.151. The van der Waals surface area contributed by atoms with E-state index < -0.39 is 0 Å². The minimum Gasteiger partial charge on any atom is -0.490 e. The van der Waals surface area contributed by atoms with E-state index in [1.807, 2.05) is 12.3 Å². The smallest absolute Gasteiger partial charge is 0.137 e. The van der Waals surface area contributed by atoms with E-state index in [1.165, 1.54) is 6.42 Å². The van der Waals surface area contributed by atoms with Crippen molar-refractivity contribution >= 4 is 0 Å². The van der Waals surface area contributed by atoms with Gasteiger partial charge in [0.05, 0.1) is 12.3 Å². The molecule has 2 heterocycles. The quantitative estimate of drug-likeness (QED) is 0.792. The Kier molecular flexibility index (Phi) is 3.48. The van der Waals surface area contributed by atoms with Crippen LogP contribution in [0.1, 0.15) is 24.8 Å². The molecule has 0 bridgehead atoms. The summed E-state index contributed by atoms with van der Waals surface area (Å²) in [6.07, 6.45) is 7.56. The molecular formula is C14H20N2O2. The largest absolute Gasteiger partial charge is 0.490 e. The van der Waals surface area contributed by atoms with Crippen molar-refractivity contribution in [3.63, 3.8) is 0 Å². The van der Waals surface area contributed by atoms with Crippen molar-refractivity contribution in [2.75, 3.05) is 13.2 Å². The fourth-order valence-electron chi connectivity index (χ4n) is 2.23. The molecule has 0 spiro atoms. The van der Waals surface area contributed by atoms with Crippen LogP contribution in [0.4, 0.5) is 0 Å². The van der Waals surface area contributed by atoms with Crippen molar-refractivity contribution in [1.82, 2.24) is 10.3 Å². The molecule has 2 atom stereocenters. The van der Waals surface area contributed by atoms with Gasteiger partial charge in [-0.05, 0) is 43.4 Å². The molecule has 18 heavy (non-hydrogen) atoms. The molecule has 2 fully saturated rings. The topological polar surface area (TPSA) is 54.4 Å². The van der Waals surface area contributed by atoms with Gasteiger partial charge in [0.1, 0.15) is 12.4 Å². The molecular weight excluding hydrogens is 228 g/mol. The Morgan fingerprint density at radius 3 is 2.89 bits per heavy atom. The molecule has 2 N–H and O–H groups in total. The molecule has 0 unspecified atom stereocenters. The number of nitrogens with zero attached hydrogens (tertiary/aromatic N) is 1. The van der Waals surface area contributed by atoms with E-state index in [9.17, 15) is 5.11 Å². The van der Waals surface area contributed by atoms with E-state index in [-0.39, 0.29) is 6.10 Å². The highest BCUT2D eigenvalue weighted by Gasteiger charge is 2.29. The Morgan fingerprint density at radius 2 is 2.22 bits per heavy atom. The predicted molar refractivity (Wildman–Crippen MR) is 68.6 cm³/mol. The maximum Gasteiger partial charge on any atom is 0.137 e. The van der Waals surface area contributed by atoms with Crippen LogP contribution in [0.3, 0.4) is 0 Å². The number of rotatable bonds is 6. The highest BCUT2D eigenvalue weighted by atomic mass is 16.5. The summed E-state index contributed by atoms with van der Waals surface area (Å²) in [7, 11) is 0. The monoisotopic (exact) mass is 248 g/mol. The summed E-state index contributed by atoms with van der Waals surface area (Å²) >= 11 is 0. The number of hydrogen-bond donors (Lipinski definition) is 2. The number of nitrogens with one attached hydrogen (secondary N) is 1. The minimum atomic E-state index is -0.213. The Hall–Kier alpha value is -1.13. The second kappa shape index (κ2) is 5.24. The van der Waals surface area contributed by atoms with Gasteiger partial charge in [0, 0.05) is 18.7 Å². The van der Waals surface area contributed by atoms with Gasteiger partial charge in [0.15, 0.2) is 0 Å². The van der Waals surface area contributed by atoms with Crippen LogP contribution in [0, 0.1) is 5.92 Å². The summed E-state index contributed by atoms with van der Waals surface area (Å²) in [4.78, 5) is 4.18. The Balaban J connectivity index is 1.53. The van der Waals surface area contributed by atoms with E-state index >= 15 is 0 Å². The highest BCUT2D eigenvalue weighted by Crippen LogP contribution is 2.34. The first-order chi connectivity index (χ1) is 8.81. The van der Waals surface area contributed by atoms with Gasteiger partial charge in [-0.2, -0.15) is 0 Å². The second-order valence-electron chi connectivity index (χ2n) is 5.39. The standard InChI is InChI=1S/C14H20N2O2/c17-14(11-1-2-11)6-10-5-13(8-15-7-10)18-9-12-3-4-16-12/h5,7-8,11-12,14,16-17H,1-4,6,9H2/t12-,14+/m0/s1. The van der Waals surface area contributed by atoms with Crippen molar-refractivity contribution in [3.8, 4) is 5.75 Å². The van der Waals surface area contributed by atoms with Gasteiger partial charge in [-0.1, -0.05) is 0 Å². The molecule has 1 aliphatic heterocycles. The van der Waals surface area contributed by atoms with E-state index in [4.69, 9.17) is 4.74 Å². The fraction of sp³-hybridized carbons (Fsp3) is 0.643. The Bertz CT molecular complexity index is 403. The lowest BCUT2D eigenvalue weighted by Crippen LogP contribution is -2.46. The van der Waals surface area contributed by atoms with Crippen LogP contribution in [-0.4, -0.2) is 35.4 Å². The normalized spacial score (nSPS) is 24.4. The first-order valence-electron chi connectivity index (χ1n) is 6.79. The third kappa shape index (κ3) is 3.00. The summed E-state index contributed by atoms with van der Waals surface area (Å²) in [5.41, 5.74) is 1.06. The lowest BCUT2D eigenvalue weighted by Gasteiger charge is -2.27. The van der Waals surface area contributed by atoms with Crippen molar-refractivity contribution in [2.45, 2.75) is 37.8 Å². The van der Waals surface area contributed by atoms with E-state index in [2.05, 4.69) is 10.3 Å². The van der Waals surface area contributed by atoms with Crippen molar-refractivity contribution < 1.29 is 9.84 Å². The van der Waals surface area contributed by atoms with E-state index in [0.29, 0.717) is 25.0 Å². The SMILES string of the molecule is O[C@H](Cc1cncc(OC[C@@H]2CCN2)c1)C1CC1. The third-order valence-electron chi connectivity index (χ3n) is 3.76. The summed E-state index contributed by atoms with van der Waals surface area (Å²) in [5.74, 6) is 1.32. The van der Waals surface area contributed by atoms with Gasteiger partial charge in [-0.15, -0.1) is 0 Å². The molecule has 0 amide bonds. The Labute approximate surface area is 107 Å². The van der Waals surface area contributed by atoms with Crippen LogP contribution in [0.25, 0.3) is 0 Å². The van der Waals surface area contributed by atoms with E-state index in [1.54, 1.807) is 6.20 Å². The maximum absolute atomic E-state index is 9.92. The highest BCUT2D eigenvalue weighted by molar-refractivity contribution is 5.24. The van der Waals surface area contributed by atoms with Crippen molar-refractivity contribution in [3.05, 3.63) is 24.0 Å². The first-order valence-corrected chi connectivity index (χ1v) is 6.79. The summed E-state index contributed by atoms with van der Waals surface area (Å²) in [6.45, 7) is 1.80. The summed E-state index contributed by atoms with van der Waals surface area (Å²) in [6, 6.07) is 2.49. The second-order valence-corrected chi connectivity index (χ2v) is 5.39. The van der Waals surface area contributed by atoms with Crippen molar-refractivity contribution in [2.24, 2.45) is 5.92 Å². The van der Waals surface area contributed by atoms with Gasteiger partial charge in [-0.25, -0.2) is 0 Å². The molecule has 0 radical (unpaired) electrons. The zero-order chi connectivity index (χ0) is 12.4. The number of aliphatic hydroxyl groups excluding tert-OH is 1. The number of aromatic nitrogens is 1. The van der Waals surface area contributed by atoms with Gasteiger partial charge in [-0.3, -0.25) is 4.98 Å². The molecule has 0 aromatic carbocycles. The first kappa shape index (κ1) is 11.9. The van der Waals surface area contributed by atoms with Crippen LogP contribution in [-0.2, 0) is 6.42 Å². The molecule has 98 valence electrons. The summed E-state index contributed by atoms with van der Waals surface area (Å²) < 4.78 is 5.70. The van der Waals surface area contributed by atoms with Crippen LogP contribution < -0.4 is 10.1 Å². The molecule has 2 aliphatic rings. The zero-order valence-corrected chi connectivity index (χ0v) is 10.5. The zero-order valence-electron chi connectivity index (χ0n) is 10.5. The number of aliphatic hydroxyl groups is 1. The summed E-state index contributed by atoms with van der Waals surface area (Å²) in [5, 5.41) is 13.2. The minimum absolute atomic E-state index is 0.213. The van der Waals surface area contributed by atoms with Gasteiger partial charge in [0.2, 0.25) is 0 Å². The van der Waals surface area contributed by atoms with Crippen LogP contribution in [0.15, 0.2) is 18.5 Å². The Morgan fingerprint density at radius 1 is 1.39 bits per heavy atom. The number of pyridine rings is 1. The predicted octanol–water partition coefficient (Wildman–Crippen LogP) is 1.14. The van der Waals surface area contributed by atoms with Crippen LogP contribution >= 0.6 is 0 Å². The molecule has 1 saturated heterocycles. The average molecular weight is 248 g/mol. The van der Waals surface area contributed by atoms with Gasteiger partial charge < -0.3 is 15.2 Å². The number of hydrogen-bond acceptors (Lipinski definition) is 4. The lowest BCUT2D eigenvalue weighted by atomic mass is 10.1. The van der Waals surface area contributed by atoms with Gasteiger partial charge >= 0.3 is 0 Å². The molecule has 3 rings (SSSR count). The molecule has 1 aliphatic carbocycles. The maximum atomic E-state index is 9.92. The van der Waals surface area contributed by atoms with Crippen LogP contribution in [0.2, 0.25) is 0 Å². The average Bonchev–Trinajstić information content (AvgIpc) is 3.11. The molecule has 1 aromatic rings. The van der Waals surface area contributed by atoms with E-state index in [0.717, 1.165) is 30.7 Å². The molecule has 1 saturated carbocycles. The molecule has 1 aromatic heterocycles. The third-order valence-corrected chi connectivity index (χ3v) is 3.76. The fourth-order valence-corrected chi connectivity index (χ4v) is 2.23. The molecule has 4 heteroatoms. The van der Waals surface area contributed by atoms with Crippen molar-refractivity contribution in [1.29, 1.82) is 0 Å². The molecule has 4 nitrogen and oxygen atoms in total. The van der Waals surface area contributed by atoms with Gasteiger partial charge in [0.25, 0.3) is 0 Å².